The Balaban J connectivity index is 3.62. The smallest absolute Gasteiger partial charge is 0.0775 e. The average Bonchev–Trinajstić information content (AvgIpc) is 1.62. The molecule has 4 heteroatoms. The highest BCUT2D eigenvalue weighted by molar-refractivity contribution is 4.83. The molecular formula is C4H14N4. The van der Waals surface area contributed by atoms with Crippen molar-refractivity contribution in [2.45, 2.75) is 18.6 Å². The van der Waals surface area contributed by atoms with Crippen LogP contribution >= 0.6 is 0 Å². The van der Waals surface area contributed by atoms with E-state index < -0.39 is 5.66 Å². The van der Waals surface area contributed by atoms with E-state index >= 15 is 0 Å². The van der Waals surface area contributed by atoms with Crippen LogP contribution in [0.4, 0.5) is 0 Å². The van der Waals surface area contributed by atoms with Crippen molar-refractivity contribution in [2.24, 2.45) is 22.9 Å². The van der Waals surface area contributed by atoms with Crippen LogP contribution in [0, 0.1) is 0 Å². The molecule has 4 nitrogen and oxygen atoms in total. The third-order valence-corrected chi connectivity index (χ3v) is 1.05. The minimum Gasteiger partial charge on any atom is -0.329 e. The quantitative estimate of drug-likeness (QED) is 0.312. The maximum Gasteiger partial charge on any atom is 0.0775 e. The van der Waals surface area contributed by atoms with E-state index in [1.54, 1.807) is 6.92 Å². The molecule has 0 aromatic carbocycles. The first-order chi connectivity index (χ1) is 3.48. The molecule has 0 radical (unpaired) electrons. The fourth-order valence-electron chi connectivity index (χ4n) is 0.254. The predicted molar refractivity (Wildman–Crippen MR) is 33.8 cm³/mol. The van der Waals surface area contributed by atoms with Gasteiger partial charge in [-0.25, -0.2) is 0 Å². The van der Waals surface area contributed by atoms with Gasteiger partial charge in [-0.1, -0.05) is 0 Å². The van der Waals surface area contributed by atoms with Gasteiger partial charge in [-0.2, -0.15) is 0 Å². The fourth-order valence-corrected chi connectivity index (χ4v) is 0.254. The molecule has 1 unspecified atom stereocenters. The van der Waals surface area contributed by atoms with Gasteiger partial charge in [0, 0.05) is 12.6 Å². The molecule has 0 aromatic rings. The molecule has 0 saturated heterocycles. The van der Waals surface area contributed by atoms with Crippen LogP contribution in [0.15, 0.2) is 0 Å². The van der Waals surface area contributed by atoms with E-state index in [1.807, 2.05) is 0 Å². The molecule has 1 atom stereocenters. The molecule has 0 amide bonds. The van der Waals surface area contributed by atoms with Crippen molar-refractivity contribution in [3.05, 3.63) is 0 Å². The SMILES string of the molecule is CC(N)(N)C(N)CN. The van der Waals surface area contributed by atoms with E-state index in [2.05, 4.69) is 0 Å². The molecule has 0 heterocycles. The lowest BCUT2D eigenvalue weighted by molar-refractivity contribution is 0.393. The highest BCUT2D eigenvalue weighted by atomic mass is 15.0. The van der Waals surface area contributed by atoms with Crippen molar-refractivity contribution >= 4 is 0 Å². The molecule has 0 fully saturated rings. The topological polar surface area (TPSA) is 104 Å². The summed E-state index contributed by atoms with van der Waals surface area (Å²) >= 11 is 0. The van der Waals surface area contributed by atoms with Crippen LogP contribution in [-0.4, -0.2) is 18.2 Å². The first kappa shape index (κ1) is 7.84. The zero-order chi connectivity index (χ0) is 6.78. The van der Waals surface area contributed by atoms with Gasteiger partial charge in [0.05, 0.1) is 5.66 Å². The molecule has 8 heavy (non-hydrogen) atoms. The summed E-state index contributed by atoms with van der Waals surface area (Å²) in [6, 6.07) is -0.317. The molecule has 0 aliphatic heterocycles. The van der Waals surface area contributed by atoms with Crippen LogP contribution in [0.5, 0.6) is 0 Å². The van der Waals surface area contributed by atoms with Crippen LogP contribution < -0.4 is 22.9 Å². The number of nitrogens with two attached hydrogens (primary N) is 4. The second-order valence-electron chi connectivity index (χ2n) is 2.21. The zero-order valence-corrected chi connectivity index (χ0v) is 5.09. The summed E-state index contributed by atoms with van der Waals surface area (Å²) in [5.74, 6) is 0. The van der Waals surface area contributed by atoms with E-state index in [0.29, 0.717) is 6.54 Å². The van der Waals surface area contributed by atoms with Crippen molar-refractivity contribution in [1.29, 1.82) is 0 Å². The lowest BCUT2D eigenvalue weighted by Gasteiger charge is -2.24. The molecule has 0 aromatic heterocycles. The van der Waals surface area contributed by atoms with Gasteiger partial charge < -0.3 is 22.9 Å². The van der Waals surface area contributed by atoms with Gasteiger partial charge in [-0.3, -0.25) is 0 Å². The van der Waals surface area contributed by atoms with Crippen LogP contribution in [-0.2, 0) is 0 Å². The van der Waals surface area contributed by atoms with E-state index in [0.717, 1.165) is 0 Å². The normalized spacial score (nSPS) is 16.1. The molecule has 0 aliphatic carbocycles. The Morgan fingerprint density at radius 1 is 1.50 bits per heavy atom. The Kier molecular flexibility index (Phi) is 2.36. The molecule has 0 rings (SSSR count). The number of hydrogen-bond acceptors (Lipinski definition) is 4. The summed E-state index contributed by atoms with van der Waals surface area (Å²) < 4.78 is 0. The summed E-state index contributed by atoms with van der Waals surface area (Å²) in [4.78, 5) is 0. The monoisotopic (exact) mass is 118 g/mol. The summed E-state index contributed by atoms with van der Waals surface area (Å²) in [5.41, 5.74) is 20.4. The van der Waals surface area contributed by atoms with Crippen molar-refractivity contribution in [3.63, 3.8) is 0 Å². The fraction of sp³-hybridized carbons (Fsp3) is 1.00. The molecule has 0 bridgehead atoms. The lowest BCUT2D eigenvalue weighted by Crippen LogP contribution is -2.62. The predicted octanol–water partition coefficient (Wildman–Crippen LogP) is -2.09. The third kappa shape index (κ3) is 2.23. The summed E-state index contributed by atoms with van der Waals surface area (Å²) in [7, 11) is 0. The first-order valence-electron chi connectivity index (χ1n) is 2.52. The van der Waals surface area contributed by atoms with Crippen molar-refractivity contribution in [3.8, 4) is 0 Å². The zero-order valence-electron chi connectivity index (χ0n) is 5.09. The van der Waals surface area contributed by atoms with Crippen LogP contribution in [0.25, 0.3) is 0 Å². The van der Waals surface area contributed by atoms with Gasteiger partial charge in [-0.05, 0) is 6.92 Å². The number of hydrogen-bond donors (Lipinski definition) is 4. The maximum atomic E-state index is 5.38. The lowest BCUT2D eigenvalue weighted by atomic mass is 10.1. The number of rotatable bonds is 2. The van der Waals surface area contributed by atoms with Gasteiger partial charge in [0.25, 0.3) is 0 Å². The second kappa shape index (κ2) is 2.41. The van der Waals surface area contributed by atoms with Gasteiger partial charge in [0.15, 0.2) is 0 Å². The van der Waals surface area contributed by atoms with Crippen LogP contribution in [0.3, 0.4) is 0 Å². The van der Waals surface area contributed by atoms with Gasteiger partial charge in [0.1, 0.15) is 0 Å². The Hall–Kier alpha value is -0.160. The summed E-state index contributed by atoms with van der Waals surface area (Å²) in [5, 5.41) is 0. The minimum absolute atomic E-state index is 0.317. The Morgan fingerprint density at radius 3 is 1.88 bits per heavy atom. The van der Waals surface area contributed by atoms with Gasteiger partial charge >= 0.3 is 0 Å². The second-order valence-corrected chi connectivity index (χ2v) is 2.21. The van der Waals surface area contributed by atoms with Crippen LogP contribution in [0.2, 0.25) is 0 Å². The molecule has 0 aliphatic rings. The Labute approximate surface area is 49.2 Å². The van der Waals surface area contributed by atoms with Crippen LogP contribution in [0.1, 0.15) is 6.92 Å². The Bertz CT molecular complexity index is 64.9. The summed E-state index contributed by atoms with van der Waals surface area (Å²) in [6.07, 6.45) is 0. The van der Waals surface area contributed by atoms with Crippen molar-refractivity contribution in [1.82, 2.24) is 0 Å². The molecule has 8 N–H and O–H groups in total. The molecular weight excluding hydrogens is 104 g/mol. The molecule has 50 valence electrons. The molecule has 0 spiro atoms. The largest absolute Gasteiger partial charge is 0.329 e. The minimum atomic E-state index is -0.839. The van der Waals surface area contributed by atoms with E-state index in [9.17, 15) is 0 Å². The maximum absolute atomic E-state index is 5.38. The van der Waals surface area contributed by atoms with Crippen molar-refractivity contribution < 1.29 is 0 Å². The average molecular weight is 118 g/mol. The van der Waals surface area contributed by atoms with Gasteiger partial charge in [0.2, 0.25) is 0 Å². The molecule has 0 saturated carbocycles. The first-order valence-corrected chi connectivity index (χ1v) is 2.52. The van der Waals surface area contributed by atoms with E-state index in [1.165, 1.54) is 0 Å². The highest BCUT2D eigenvalue weighted by Gasteiger charge is 2.19. The standard InChI is InChI=1S/C4H14N4/c1-4(7,8)3(6)2-5/h3H,2,5-8H2,1H3. The Morgan fingerprint density at radius 2 is 1.88 bits per heavy atom. The van der Waals surface area contributed by atoms with Crippen molar-refractivity contribution in [2.75, 3.05) is 6.54 Å². The highest BCUT2D eigenvalue weighted by Crippen LogP contribution is 1.90. The van der Waals surface area contributed by atoms with Gasteiger partial charge in [-0.15, -0.1) is 0 Å². The summed E-state index contributed by atoms with van der Waals surface area (Å²) in [6.45, 7) is 1.97. The van der Waals surface area contributed by atoms with E-state index in [4.69, 9.17) is 22.9 Å². The van der Waals surface area contributed by atoms with E-state index in [-0.39, 0.29) is 6.04 Å². The third-order valence-electron chi connectivity index (χ3n) is 1.05.